The van der Waals surface area contributed by atoms with Crippen molar-refractivity contribution in [1.82, 2.24) is 25.5 Å². The number of aromatic amines is 1. The normalized spacial score (nSPS) is 17.1. The molecular formula is C29H37N5O3. The molecule has 1 fully saturated rings. The molecule has 37 heavy (non-hydrogen) atoms. The van der Waals surface area contributed by atoms with E-state index in [1.807, 2.05) is 80.3 Å². The number of fused-ring (bicyclic) bond motifs is 1. The van der Waals surface area contributed by atoms with Gasteiger partial charge in [0.2, 0.25) is 17.7 Å². The molecule has 196 valence electrons. The first kappa shape index (κ1) is 26.4. The zero-order chi connectivity index (χ0) is 26.4. The maximum absolute atomic E-state index is 13.4. The summed E-state index contributed by atoms with van der Waals surface area (Å²) in [7, 11) is 0. The molecule has 0 unspecified atom stereocenters. The topological polar surface area (TPSA) is 107 Å². The molecule has 2 heterocycles. The standard InChI is InChI=1S/C29H37N5O3/c1-19(2)15-16-26(35)31-24(18-27(36)34-17-9-14-25(34)21-10-5-4-6-11-21)29(37)30-20(3)28-32-22-12-7-8-13-23(22)33-28/h4-8,10-13,19-20,24-25H,9,14-18H2,1-3H3,(H,30,37)(H,31,35)(H,32,33)/t20-,24+,25-/m1/s1. The molecular weight excluding hydrogens is 466 g/mol. The van der Waals surface area contributed by atoms with Crippen LogP contribution in [-0.2, 0) is 14.4 Å². The predicted molar refractivity (Wildman–Crippen MR) is 143 cm³/mol. The third-order valence-electron chi connectivity index (χ3n) is 6.91. The van der Waals surface area contributed by atoms with E-state index in [4.69, 9.17) is 0 Å². The molecule has 8 nitrogen and oxygen atoms in total. The van der Waals surface area contributed by atoms with Crippen LogP contribution in [0.1, 0.15) is 76.3 Å². The van der Waals surface area contributed by atoms with E-state index in [9.17, 15) is 14.4 Å². The lowest BCUT2D eigenvalue weighted by Crippen LogP contribution is -2.50. The molecule has 1 aromatic heterocycles. The third kappa shape index (κ3) is 6.76. The first-order valence-electron chi connectivity index (χ1n) is 13.2. The van der Waals surface area contributed by atoms with E-state index in [1.165, 1.54) is 0 Å². The van der Waals surface area contributed by atoms with Gasteiger partial charge in [0.05, 0.1) is 29.5 Å². The van der Waals surface area contributed by atoms with E-state index in [2.05, 4.69) is 20.6 Å². The Bertz CT molecular complexity index is 1190. The second-order valence-corrected chi connectivity index (χ2v) is 10.3. The molecule has 3 aromatic rings. The number of hydrogen-bond donors (Lipinski definition) is 3. The van der Waals surface area contributed by atoms with Crippen LogP contribution in [-0.4, -0.2) is 45.2 Å². The van der Waals surface area contributed by atoms with Crippen molar-refractivity contribution in [3.63, 3.8) is 0 Å². The van der Waals surface area contributed by atoms with E-state index >= 15 is 0 Å². The van der Waals surface area contributed by atoms with Crippen LogP contribution in [0, 0.1) is 5.92 Å². The van der Waals surface area contributed by atoms with Crippen LogP contribution in [0.4, 0.5) is 0 Å². The number of rotatable bonds is 10. The maximum Gasteiger partial charge on any atom is 0.243 e. The van der Waals surface area contributed by atoms with Gasteiger partial charge in [-0.1, -0.05) is 56.3 Å². The number of aromatic nitrogens is 2. The summed E-state index contributed by atoms with van der Waals surface area (Å²) in [4.78, 5) is 49.2. The van der Waals surface area contributed by atoms with Crippen molar-refractivity contribution in [1.29, 1.82) is 0 Å². The Balaban J connectivity index is 1.47. The molecule has 4 rings (SSSR count). The Morgan fingerprint density at radius 3 is 2.49 bits per heavy atom. The Morgan fingerprint density at radius 1 is 1.03 bits per heavy atom. The van der Waals surface area contributed by atoms with E-state index < -0.39 is 18.0 Å². The van der Waals surface area contributed by atoms with Crippen molar-refractivity contribution in [3.8, 4) is 0 Å². The minimum Gasteiger partial charge on any atom is -0.345 e. The van der Waals surface area contributed by atoms with Gasteiger partial charge < -0.3 is 20.5 Å². The number of likely N-dealkylation sites (tertiary alicyclic amines) is 1. The van der Waals surface area contributed by atoms with Gasteiger partial charge in [-0.3, -0.25) is 14.4 Å². The van der Waals surface area contributed by atoms with Crippen LogP contribution in [0.3, 0.4) is 0 Å². The summed E-state index contributed by atoms with van der Waals surface area (Å²) in [6, 6.07) is 16.2. The Kier molecular flexibility index (Phi) is 8.58. The smallest absolute Gasteiger partial charge is 0.243 e. The van der Waals surface area contributed by atoms with Crippen LogP contribution >= 0.6 is 0 Å². The highest BCUT2D eigenvalue weighted by molar-refractivity contribution is 5.92. The average Bonchev–Trinajstić information content (AvgIpc) is 3.55. The Labute approximate surface area is 218 Å². The highest BCUT2D eigenvalue weighted by atomic mass is 16.2. The van der Waals surface area contributed by atoms with Crippen LogP contribution in [0.2, 0.25) is 0 Å². The number of para-hydroxylation sites is 2. The van der Waals surface area contributed by atoms with Gasteiger partial charge in [0, 0.05) is 13.0 Å². The van der Waals surface area contributed by atoms with Gasteiger partial charge in [0.1, 0.15) is 11.9 Å². The molecule has 0 radical (unpaired) electrons. The highest BCUT2D eigenvalue weighted by Crippen LogP contribution is 2.32. The lowest BCUT2D eigenvalue weighted by atomic mass is 10.0. The number of carbonyl (C=O) groups is 3. The fraction of sp³-hybridized carbons (Fsp3) is 0.448. The minimum absolute atomic E-state index is 0.0106. The molecule has 0 aliphatic carbocycles. The van der Waals surface area contributed by atoms with Gasteiger partial charge in [-0.2, -0.15) is 0 Å². The fourth-order valence-electron chi connectivity index (χ4n) is 4.83. The Morgan fingerprint density at radius 2 is 1.76 bits per heavy atom. The third-order valence-corrected chi connectivity index (χ3v) is 6.91. The molecule has 1 aliphatic heterocycles. The predicted octanol–water partition coefficient (Wildman–Crippen LogP) is 4.41. The second-order valence-electron chi connectivity index (χ2n) is 10.3. The van der Waals surface area contributed by atoms with Gasteiger partial charge in [-0.05, 0) is 49.8 Å². The largest absolute Gasteiger partial charge is 0.345 e. The van der Waals surface area contributed by atoms with Gasteiger partial charge >= 0.3 is 0 Å². The number of amides is 3. The van der Waals surface area contributed by atoms with Gasteiger partial charge in [0.25, 0.3) is 0 Å². The van der Waals surface area contributed by atoms with Crippen LogP contribution in [0.15, 0.2) is 54.6 Å². The fourth-order valence-corrected chi connectivity index (χ4v) is 4.83. The summed E-state index contributed by atoms with van der Waals surface area (Å²) in [5.41, 5.74) is 2.79. The number of imidazole rings is 1. The van der Waals surface area contributed by atoms with Crippen LogP contribution in [0.5, 0.6) is 0 Å². The van der Waals surface area contributed by atoms with Crippen molar-refractivity contribution in [2.75, 3.05) is 6.54 Å². The van der Waals surface area contributed by atoms with Crippen LogP contribution in [0.25, 0.3) is 11.0 Å². The SMILES string of the molecule is CC(C)CCC(=O)N[C@@H](CC(=O)N1CCC[C@@H]1c1ccccc1)C(=O)N[C@H](C)c1nc2ccccc2[nH]1. The molecule has 1 saturated heterocycles. The van der Waals surface area contributed by atoms with Crippen LogP contribution < -0.4 is 10.6 Å². The van der Waals surface area contributed by atoms with Gasteiger partial charge in [-0.15, -0.1) is 0 Å². The summed E-state index contributed by atoms with van der Waals surface area (Å²) in [6.07, 6.45) is 2.73. The first-order chi connectivity index (χ1) is 17.8. The summed E-state index contributed by atoms with van der Waals surface area (Å²) < 4.78 is 0. The number of carbonyl (C=O) groups excluding carboxylic acids is 3. The Hall–Kier alpha value is -3.68. The molecule has 0 bridgehead atoms. The quantitative estimate of drug-likeness (QED) is 0.381. The molecule has 8 heteroatoms. The lowest BCUT2D eigenvalue weighted by molar-refractivity contribution is -0.137. The molecule has 1 aliphatic rings. The number of nitrogens with zero attached hydrogens (tertiary/aromatic N) is 2. The average molecular weight is 504 g/mol. The minimum atomic E-state index is -0.962. The molecule has 3 N–H and O–H groups in total. The number of H-pyrrole nitrogens is 1. The molecule has 0 saturated carbocycles. The van der Waals surface area contributed by atoms with Crippen molar-refractivity contribution in [2.24, 2.45) is 5.92 Å². The van der Waals surface area contributed by atoms with Gasteiger partial charge in [-0.25, -0.2) is 4.98 Å². The molecule has 0 spiro atoms. The summed E-state index contributed by atoms with van der Waals surface area (Å²) >= 11 is 0. The van der Waals surface area contributed by atoms with Crippen molar-refractivity contribution in [2.45, 2.75) is 71.0 Å². The van der Waals surface area contributed by atoms with Crippen molar-refractivity contribution < 1.29 is 14.4 Å². The van der Waals surface area contributed by atoms with E-state index in [-0.39, 0.29) is 24.3 Å². The van der Waals surface area contributed by atoms with E-state index in [1.54, 1.807) is 0 Å². The monoisotopic (exact) mass is 503 g/mol. The maximum atomic E-state index is 13.4. The van der Waals surface area contributed by atoms with E-state index in [0.29, 0.717) is 31.1 Å². The summed E-state index contributed by atoms with van der Waals surface area (Å²) in [5, 5.41) is 5.78. The second kappa shape index (κ2) is 12.0. The van der Waals surface area contributed by atoms with E-state index in [0.717, 1.165) is 29.4 Å². The van der Waals surface area contributed by atoms with Gasteiger partial charge in [0.15, 0.2) is 0 Å². The number of nitrogens with one attached hydrogen (secondary N) is 3. The van der Waals surface area contributed by atoms with Crippen molar-refractivity contribution in [3.05, 3.63) is 66.0 Å². The zero-order valence-corrected chi connectivity index (χ0v) is 21.9. The highest BCUT2D eigenvalue weighted by Gasteiger charge is 2.33. The zero-order valence-electron chi connectivity index (χ0n) is 21.9. The molecule has 3 amide bonds. The number of hydrogen-bond acceptors (Lipinski definition) is 4. The van der Waals surface area contributed by atoms with Crippen molar-refractivity contribution >= 4 is 28.8 Å². The molecule has 2 aromatic carbocycles. The first-order valence-corrected chi connectivity index (χ1v) is 13.2. The lowest BCUT2D eigenvalue weighted by Gasteiger charge is -2.28. The molecule has 3 atom stereocenters. The summed E-state index contributed by atoms with van der Waals surface area (Å²) in [6.45, 7) is 6.57. The summed E-state index contributed by atoms with van der Waals surface area (Å²) in [5.74, 6) is 0.235. The number of benzene rings is 2.